The van der Waals surface area contributed by atoms with Crippen molar-refractivity contribution in [1.82, 2.24) is 4.90 Å². The van der Waals surface area contributed by atoms with E-state index in [4.69, 9.17) is 9.47 Å². The highest BCUT2D eigenvalue weighted by molar-refractivity contribution is 5.95. The second-order valence-corrected chi connectivity index (χ2v) is 7.68. The van der Waals surface area contributed by atoms with E-state index in [2.05, 4.69) is 46.2 Å². The van der Waals surface area contributed by atoms with Gasteiger partial charge < -0.3 is 14.4 Å². The van der Waals surface area contributed by atoms with E-state index in [0.717, 1.165) is 38.3 Å². The maximum Gasteiger partial charge on any atom is 0.320 e. The standard InChI is InChI=1S/C25H32N2O4/c1-3-30-24(28)23(25(29)31-4-2)18-20-10-12-21(13-11-20)19-26-14-16-27(17-15-26)22-8-6-5-7-9-22/h5-13,23H,3-4,14-19H2,1-2H3. The Hall–Kier alpha value is -2.86. The van der Waals surface area contributed by atoms with E-state index in [1.807, 2.05) is 18.2 Å². The van der Waals surface area contributed by atoms with Crippen molar-refractivity contribution in [3.8, 4) is 0 Å². The minimum atomic E-state index is -0.920. The number of rotatable bonds is 9. The Morgan fingerprint density at radius 3 is 1.90 bits per heavy atom. The first kappa shape index (κ1) is 22.8. The topological polar surface area (TPSA) is 59.1 Å². The minimum Gasteiger partial charge on any atom is -0.465 e. The lowest BCUT2D eigenvalue weighted by molar-refractivity contribution is -0.161. The smallest absolute Gasteiger partial charge is 0.320 e. The van der Waals surface area contributed by atoms with E-state index in [1.165, 1.54) is 11.3 Å². The van der Waals surface area contributed by atoms with Crippen LogP contribution < -0.4 is 4.90 Å². The van der Waals surface area contributed by atoms with Crippen molar-refractivity contribution >= 4 is 17.6 Å². The Bertz CT molecular complexity index is 812. The van der Waals surface area contributed by atoms with Crippen molar-refractivity contribution in [2.45, 2.75) is 26.8 Å². The monoisotopic (exact) mass is 424 g/mol. The molecule has 31 heavy (non-hydrogen) atoms. The lowest BCUT2D eigenvalue weighted by Gasteiger charge is -2.36. The van der Waals surface area contributed by atoms with Crippen LogP contribution in [0.15, 0.2) is 54.6 Å². The van der Waals surface area contributed by atoms with E-state index in [9.17, 15) is 9.59 Å². The van der Waals surface area contributed by atoms with Crippen LogP contribution in [-0.4, -0.2) is 56.2 Å². The Morgan fingerprint density at radius 2 is 1.35 bits per heavy atom. The van der Waals surface area contributed by atoms with Gasteiger partial charge in [-0.15, -0.1) is 0 Å². The number of para-hydroxylation sites is 1. The maximum absolute atomic E-state index is 12.2. The molecule has 6 nitrogen and oxygen atoms in total. The summed E-state index contributed by atoms with van der Waals surface area (Å²) in [7, 11) is 0. The zero-order chi connectivity index (χ0) is 22.1. The van der Waals surface area contributed by atoms with Gasteiger partial charge in [0.2, 0.25) is 0 Å². The third-order valence-electron chi connectivity index (χ3n) is 5.50. The molecule has 0 bridgehead atoms. The summed E-state index contributed by atoms with van der Waals surface area (Å²) in [5.41, 5.74) is 3.42. The fourth-order valence-electron chi connectivity index (χ4n) is 3.83. The summed E-state index contributed by atoms with van der Waals surface area (Å²) in [6.07, 6.45) is 0.285. The molecule has 0 N–H and O–H groups in total. The van der Waals surface area contributed by atoms with Gasteiger partial charge in [0.15, 0.2) is 5.92 Å². The van der Waals surface area contributed by atoms with Crippen LogP contribution in [0.1, 0.15) is 25.0 Å². The highest BCUT2D eigenvalue weighted by Crippen LogP contribution is 2.18. The van der Waals surface area contributed by atoms with Crippen LogP contribution in [0.5, 0.6) is 0 Å². The molecule has 0 atom stereocenters. The zero-order valence-corrected chi connectivity index (χ0v) is 18.5. The molecule has 1 fully saturated rings. The molecule has 0 amide bonds. The third-order valence-corrected chi connectivity index (χ3v) is 5.50. The third kappa shape index (κ3) is 6.56. The molecule has 1 aliphatic heterocycles. The number of esters is 2. The minimum absolute atomic E-state index is 0.241. The molecule has 0 spiro atoms. The second-order valence-electron chi connectivity index (χ2n) is 7.68. The van der Waals surface area contributed by atoms with Crippen LogP contribution >= 0.6 is 0 Å². The average Bonchev–Trinajstić information content (AvgIpc) is 2.80. The number of piperazine rings is 1. The molecule has 0 aliphatic carbocycles. The van der Waals surface area contributed by atoms with Gasteiger partial charge in [-0.3, -0.25) is 14.5 Å². The molecular formula is C25H32N2O4. The molecule has 3 rings (SSSR count). The normalized spacial score (nSPS) is 14.5. The summed E-state index contributed by atoms with van der Waals surface area (Å²) in [6.45, 7) is 8.91. The number of carbonyl (C=O) groups excluding carboxylic acids is 2. The second kappa shape index (κ2) is 11.5. The molecule has 1 saturated heterocycles. The molecule has 6 heteroatoms. The van der Waals surface area contributed by atoms with E-state index in [-0.39, 0.29) is 19.6 Å². The van der Waals surface area contributed by atoms with Crippen LogP contribution in [-0.2, 0) is 32.0 Å². The highest BCUT2D eigenvalue weighted by atomic mass is 16.6. The Kier molecular flexibility index (Phi) is 8.47. The lowest BCUT2D eigenvalue weighted by Crippen LogP contribution is -2.45. The molecule has 1 aliphatic rings. The molecule has 2 aromatic carbocycles. The SMILES string of the molecule is CCOC(=O)C(Cc1ccc(CN2CCN(c3ccccc3)CC2)cc1)C(=O)OCC. The van der Waals surface area contributed by atoms with Crippen LogP contribution in [0.3, 0.4) is 0 Å². The van der Waals surface area contributed by atoms with Gasteiger partial charge >= 0.3 is 11.9 Å². The van der Waals surface area contributed by atoms with Crippen molar-refractivity contribution in [1.29, 1.82) is 0 Å². The Balaban J connectivity index is 1.53. The first-order valence-corrected chi connectivity index (χ1v) is 11.0. The van der Waals surface area contributed by atoms with Crippen LogP contribution in [0.25, 0.3) is 0 Å². The molecule has 0 saturated carbocycles. The van der Waals surface area contributed by atoms with E-state index in [1.54, 1.807) is 13.8 Å². The molecule has 0 aromatic heterocycles. The van der Waals surface area contributed by atoms with Gasteiger partial charge in [0, 0.05) is 38.4 Å². The predicted octanol–water partition coefficient (Wildman–Crippen LogP) is 3.29. The first-order chi connectivity index (χ1) is 15.1. The van der Waals surface area contributed by atoms with Gasteiger partial charge in [-0.2, -0.15) is 0 Å². The summed E-state index contributed by atoms with van der Waals surface area (Å²) >= 11 is 0. The van der Waals surface area contributed by atoms with Gasteiger partial charge in [-0.25, -0.2) is 0 Å². The highest BCUT2D eigenvalue weighted by Gasteiger charge is 2.29. The van der Waals surface area contributed by atoms with Crippen LogP contribution in [0.4, 0.5) is 5.69 Å². The molecule has 0 unspecified atom stereocenters. The average molecular weight is 425 g/mol. The van der Waals surface area contributed by atoms with Gasteiger partial charge in [0.1, 0.15) is 0 Å². The summed E-state index contributed by atoms with van der Waals surface area (Å²) < 4.78 is 10.1. The van der Waals surface area contributed by atoms with Crippen molar-refractivity contribution < 1.29 is 19.1 Å². The summed E-state index contributed by atoms with van der Waals surface area (Å²) in [6, 6.07) is 18.7. The number of nitrogens with zero attached hydrogens (tertiary/aromatic N) is 2. The van der Waals surface area contributed by atoms with Gasteiger partial charge in [-0.05, 0) is 43.5 Å². The van der Waals surface area contributed by atoms with Gasteiger partial charge in [0.05, 0.1) is 13.2 Å². The zero-order valence-electron chi connectivity index (χ0n) is 18.5. The van der Waals surface area contributed by atoms with Crippen LogP contribution in [0.2, 0.25) is 0 Å². The number of anilines is 1. The van der Waals surface area contributed by atoms with E-state index < -0.39 is 17.9 Å². The van der Waals surface area contributed by atoms with Crippen molar-refractivity contribution in [2.24, 2.45) is 5.92 Å². The van der Waals surface area contributed by atoms with Crippen molar-refractivity contribution in [2.75, 3.05) is 44.3 Å². The number of carbonyl (C=O) groups is 2. The molecule has 1 heterocycles. The molecule has 0 radical (unpaired) electrons. The summed E-state index contributed by atoms with van der Waals surface area (Å²) in [5.74, 6) is -1.97. The first-order valence-electron chi connectivity index (χ1n) is 11.0. The molecular weight excluding hydrogens is 392 g/mol. The van der Waals surface area contributed by atoms with E-state index >= 15 is 0 Å². The van der Waals surface area contributed by atoms with Gasteiger partial charge in [0.25, 0.3) is 0 Å². The molecule has 166 valence electrons. The Labute approximate surface area is 184 Å². The Morgan fingerprint density at radius 1 is 0.806 bits per heavy atom. The maximum atomic E-state index is 12.2. The summed E-state index contributed by atoms with van der Waals surface area (Å²) in [4.78, 5) is 29.3. The number of hydrogen-bond acceptors (Lipinski definition) is 6. The van der Waals surface area contributed by atoms with Crippen LogP contribution in [0, 0.1) is 5.92 Å². The number of ether oxygens (including phenoxy) is 2. The number of hydrogen-bond donors (Lipinski definition) is 0. The number of benzene rings is 2. The van der Waals surface area contributed by atoms with Gasteiger partial charge in [-0.1, -0.05) is 42.5 Å². The largest absolute Gasteiger partial charge is 0.465 e. The van der Waals surface area contributed by atoms with Crippen molar-refractivity contribution in [3.05, 3.63) is 65.7 Å². The summed E-state index contributed by atoms with van der Waals surface area (Å²) in [5, 5.41) is 0. The quantitative estimate of drug-likeness (QED) is 0.455. The fourth-order valence-corrected chi connectivity index (χ4v) is 3.83. The lowest BCUT2D eigenvalue weighted by atomic mass is 9.98. The predicted molar refractivity (Wildman–Crippen MR) is 121 cm³/mol. The fraction of sp³-hybridized carbons (Fsp3) is 0.440. The van der Waals surface area contributed by atoms with E-state index in [0.29, 0.717) is 0 Å². The molecule has 2 aromatic rings. The van der Waals surface area contributed by atoms with Crippen molar-refractivity contribution in [3.63, 3.8) is 0 Å².